The Hall–Kier alpha value is -2.17. The Morgan fingerprint density at radius 3 is 1.43 bits per heavy atom. The van der Waals surface area contributed by atoms with Crippen LogP contribution in [0.1, 0.15) is 11.1 Å². The summed E-state index contributed by atoms with van der Waals surface area (Å²) in [7, 11) is 0.914. The van der Waals surface area contributed by atoms with Gasteiger partial charge in [-0.2, -0.15) is 0 Å². The van der Waals surface area contributed by atoms with E-state index in [1.54, 1.807) is 0 Å². The number of rotatable bonds is 4. The molecule has 0 aliphatic rings. The van der Waals surface area contributed by atoms with Gasteiger partial charge in [-0.15, -0.1) is 8.58 Å². The summed E-state index contributed by atoms with van der Waals surface area (Å²) in [6.07, 6.45) is 2.31. The second-order valence-corrected chi connectivity index (χ2v) is 7.09. The van der Waals surface area contributed by atoms with Crippen LogP contribution in [0.15, 0.2) is 84.9 Å². The average molecular weight is 314 g/mol. The third kappa shape index (κ3) is 3.00. The minimum atomic E-state index is 0.914. The first-order valence-electron chi connectivity index (χ1n) is 8.06. The van der Waals surface area contributed by atoms with Crippen LogP contribution in [-0.4, -0.2) is 0 Å². The Labute approximate surface area is 138 Å². The van der Waals surface area contributed by atoms with Crippen molar-refractivity contribution in [2.45, 2.75) is 12.3 Å². The lowest BCUT2D eigenvalue weighted by atomic mass is 10.1. The van der Waals surface area contributed by atoms with Gasteiger partial charge in [-0.3, -0.25) is 0 Å². The molecule has 0 nitrogen and oxygen atoms in total. The van der Waals surface area contributed by atoms with E-state index in [9.17, 15) is 0 Å². The first-order valence-corrected chi connectivity index (χ1v) is 9.47. The molecule has 1 heteroatoms. The van der Waals surface area contributed by atoms with Crippen LogP contribution in [-0.2, 0) is 12.3 Å². The molecular formula is C22H19P. The van der Waals surface area contributed by atoms with Crippen molar-refractivity contribution < 1.29 is 0 Å². The topological polar surface area (TPSA) is 0 Å². The van der Waals surface area contributed by atoms with Crippen molar-refractivity contribution in [2.24, 2.45) is 0 Å². The summed E-state index contributed by atoms with van der Waals surface area (Å²) in [5.74, 6) is 0. The zero-order chi connectivity index (χ0) is 15.5. The smallest absolute Gasteiger partial charge is 0.00915 e. The molecule has 0 aliphatic heterocycles. The lowest BCUT2D eigenvalue weighted by molar-refractivity contribution is 1.39. The van der Waals surface area contributed by atoms with E-state index >= 15 is 0 Å². The predicted molar refractivity (Wildman–Crippen MR) is 104 cm³/mol. The van der Waals surface area contributed by atoms with Gasteiger partial charge in [0.1, 0.15) is 0 Å². The van der Waals surface area contributed by atoms with Crippen LogP contribution in [0.25, 0.3) is 21.5 Å². The molecule has 4 aromatic carbocycles. The van der Waals surface area contributed by atoms with Gasteiger partial charge in [0, 0.05) is 0 Å². The zero-order valence-electron chi connectivity index (χ0n) is 13.0. The fraction of sp³-hybridized carbons (Fsp3) is 0.0909. The van der Waals surface area contributed by atoms with Gasteiger partial charge < -0.3 is 0 Å². The fourth-order valence-corrected chi connectivity index (χ4v) is 4.51. The highest BCUT2D eigenvalue weighted by Gasteiger charge is 2.03. The first-order chi connectivity index (χ1) is 11.4. The molecule has 0 bridgehead atoms. The van der Waals surface area contributed by atoms with Crippen molar-refractivity contribution in [3.8, 4) is 0 Å². The van der Waals surface area contributed by atoms with Gasteiger partial charge in [-0.05, 0) is 45.0 Å². The van der Waals surface area contributed by atoms with Crippen LogP contribution in [0.3, 0.4) is 0 Å². The van der Waals surface area contributed by atoms with Crippen LogP contribution in [0.2, 0.25) is 0 Å². The van der Waals surface area contributed by atoms with E-state index < -0.39 is 0 Å². The maximum absolute atomic E-state index is 2.28. The van der Waals surface area contributed by atoms with Gasteiger partial charge in [0.2, 0.25) is 0 Å². The third-order valence-corrected chi connectivity index (χ3v) is 5.65. The van der Waals surface area contributed by atoms with E-state index in [1.165, 1.54) is 32.7 Å². The van der Waals surface area contributed by atoms with Crippen molar-refractivity contribution in [2.75, 3.05) is 0 Å². The Balaban J connectivity index is 1.55. The minimum Gasteiger partial charge on any atom is -0.113 e. The predicted octanol–water partition coefficient (Wildman–Crippen LogP) is 6.37. The normalized spacial score (nSPS) is 11.1. The standard InChI is InChI=1S/C22H19P/c1-3-13-21-17(7-1)9-5-11-19(21)15-23-16-20-12-6-10-18-8-2-4-14-22(18)20/h1-14,23H,15-16H2. The maximum Gasteiger partial charge on any atom is -0.00915 e. The van der Waals surface area contributed by atoms with Crippen molar-refractivity contribution >= 4 is 30.1 Å². The van der Waals surface area contributed by atoms with Crippen molar-refractivity contribution in [1.29, 1.82) is 0 Å². The minimum absolute atomic E-state index is 0.914. The highest BCUT2D eigenvalue weighted by atomic mass is 31.1. The highest BCUT2D eigenvalue weighted by molar-refractivity contribution is 7.36. The lowest BCUT2D eigenvalue weighted by Gasteiger charge is -2.09. The molecule has 112 valence electrons. The molecule has 4 rings (SSSR count). The van der Waals surface area contributed by atoms with Crippen LogP contribution in [0, 0.1) is 0 Å². The van der Waals surface area contributed by atoms with E-state index in [2.05, 4.69) is 84.9 Å². The van der Waals surface area contributed by atoms with Gasteiger partial charge in [0.15, 0.2) is 0 Å². The van der Waals surface area contributed by atoms with E-state index in [0.717, 1.165) is 20.9 Å². The fourth-order valence-electron chi connectivity index (χ4n) is 3.23. The quantitative estimate of drug-likeness (QED) is 0.384. The van der Waals surface area contributed by atoms with E-state index in [1.807, 2.05) is 0 Å². The summed E-state index contributed by atoms with van der Waals surface area (Å²) in [4.78, 5) is 0. The van der Waals surface area contributed by atoms with Crippen molar-refractivity contribution in [1.82, 2.24) is 0 Å². The second kappa shape index (κ2) is 6.52. The summed E-state index contributed by atoms with van der Waals surface area (Å²) < 4.78 is 0. The Bertz CT molecular complexity index is 866. The molecule has 0 unspecified atom stereocenters. The average Bonchev–Trinajstić information content (AvgIpc) is 2.62. The molecule has 0 saturated heterocycles. The maximum atomic E-state index is 2.28. The van der Waals surface area contributed by atoms with Crippen LogP contribution < -0.4 is 0 Å². The molecule has 0 atom stereocenters. The van der Waals surface area contributed by atoms with Crippen LogP contribution in [0.5, 0.6) is 0 Å². The molecule has 23 heavy (non-hydrogen) atoms. The van der Waals surface area contributed by atoms with Gasteiger partial charge in [-0.1, -0.05) is 84.9 Å². The van der Waals surface area contributed by atoms with Gasteiger partial charge in [0.05, 0.1) is 0 Å². The van der Waals surface area contributed by atoms with E-state index in [-0.39, 0.29) is 0 Å². The van der Waals surface area contributed by atoms with Gasteiger partial charge in [0.25, 0.3) is 0 Å². The monoisotopic (exact) mass is 314 g/mol. The Morgan fingerprint density at radius 1 is 0.478 bits per heavy atom. The molecular weight excluding hydrogens is 295 g/mol. The molecule has 0 amide bonds. The van der Waals surface area contributed by atoms with Crippen LogP contribution in [0.4, 0.5) is 0 Å². The molecule has 0 aromatic heterocycles. The Morgan fingerprint density at radius 2 is 0.913 bits per heavy atom. The Kier molecular flexibility index (Phi) is 4.09. The molecule has 0 saturated carbocycles. The molecule has 0 N–H and O–H groups in total. The molecule has 0 radical (unpaired) electrons. The molecule has 0 heterocycles. The third-order valence-electron chi connectivity index (χ3n) is 4.39. The lowest BCUT2D eigenvalue weighted by Crippen LogP contribution is -1.86. The number of hydrogen-bond donors (Lipinski definition) is 0. The van der Waals surface area contributed by atoms with Gasteiger partial charge in [-0.25, -0.2) is 0 Å². The summed E-state index contributed by atoms with van der Waals surface area (Å²) >= 11 is 0. The summed E-state index contributed by atoms with van der Waals surface area (Å²) in [6.45, 7) is 0. The van der Waals surface area contributed by atoms with Crippen LogP contribution >= 0.6 is 8.58 Å². The van der Waals surface area contributed by atoms with Gasteiger partial charge >= 0.3 is 0 Å². The summed E-state index contributed by atoms with van der Waals surface area (Å²) in [5, 5.41) is 5.50. The zero-order valence-corrected chi connectivity index (χ0v) is 14.0. The second-order valence-electron chi connectivity index (χ2n) is 5.88. The van der Waals surface area contributed by atoms with E-state index in [0.29, 0.717) is 0 Å². The summed E-state index contributed by atoms with van der Waals surface area (Å²) in [5.41, 5.74) is 2.95. The SMILES string of the molecule is c1ccc2c(CPCc3cccc4ccccc34)cccc2c1. The molecule has 0 spiro atoms. The number of hydrogen-bond acceptors (Lipinski definition) is 0. The molecule has 4 aromatic rings. The van der Waals surface area contributed by atoms with E-state index in [4.69, 9.17) is 0 Å². The van der Waals surface area contributed by atoms with Crippen molar-refractivity contribution in [3.05, 3.63) is 96.1 Å². The largest absolute Gasteiger partial charge is 0.113 e. The summed E-state index contributed by atoms with van der Waals surface area (Å²) in [6, 6.07) is 30.7. The number of fused-ring (bicyclic) bond motifs is 2. The highest BCUT2D eigenvalue weighted by Crippen LogP contribution is 2.31. The number of benzene rings is 4. The van der Waals surface area contributed by atoms with Crippen molar-refractivity contribution in [3.63, 3.8) is 0 Å². The first kappa shape index (κ1) is 14.4. The molecule has 0 fully saturated rings. The molecule has 0 aliphatic carbocycles.